The van der Waals surface area contributed by atoms with Crippen molar-refractivity contribution in [3.63, 3.8) is 0 Å². The fourth-order valence-electron chi connectivity index (χ4n) is 2.34. The highest BCUT2D eigenvalue weighted by Gasteiger charge is 2.28. The molecule has 23 heavy (non-hydrogen) atoms. The minimum Gasteiger partial charge on any atom is -0.356 e. The second-order valence-electron chi connectivity index (χ2n) is 5.63. The molecule has 1 fully saturated rings. The van der Waals surface area contributed by atoms with Gasteiger partial charge in [0.05, 0.1) is 0 Å². The molecule has 1 aliphatic heterocycles. The molecule has 0 aliphatic carbocycles. The number of nitrogens with one attached hydrogen (secondary N) is 1. The molecule has 1 amide bonds. The summed E-state index contributed by atoms with van der Waals surface area (Å²) < 4.78 is 28.6. The van der Waals surface area contributed by atoms with Crippen molar-refractivity contribution in [1.29, 1.82) is 0 Å². The van der Waals surface area contributed by atoms with Gasteiger partial charge >= 0.3 is 16.1 Å². The van der Waals surface area contributed by atoms with Gasteiger partial charge < -0.3 is 15.2 Å². The molecule has 0 spiro atoms. The van der Waals surface area contributed by atoms with Crippen molar-refractivity contribution in [2.45, 2.75) is 37.1 Å². The topological polar surface area (TPSA) is 116 Å². The predicted octanol–water partition coefficient (Wildman–Crippen LogP) is 0.471. The maximum atomic E-state index is 12.0. The van der Waals surface area contributed by atoms with E-state index in [2.05, 4.69) is 9.50 Å². The lowest BCUT2D eigenvalue weighted by Gasteiger charge is -2.13. The second kappa shape index (κ2) is 7.10. The number of carbonyl (C=O) groups is 2. The zero-order chi connectivity index (χ0) is 17.0. The molecule has 1 heterocycles. The van der Waals surface area contributed by atoms with Gasteiger partial charge in [0.1, 0.15) is 10.9 Å². The average Bonchev–Trinajstić information content (AvgIpc) is 2.90. The van der Waals surface area contributed by atoms with Crippen LogP contribution in [-0.2, 0) is 23.9 Å². The second-order valence-corrected chi connectivity index (χ2v) is 7.18. The van der Waals surface area contributed by atoms with Crippen LogP contribution < -0.4 is 11.1 Å². The number of rotatable bonds is 6. The SMILES string of the molecule is Cc1ccc(S(=O)(=O)OC(=O)[C@@H](N)CC[C@H]2CCNC2=O)cc1. The number of benzene rings is 1. The molecule has 0 radical (unpaired) electrons. The zero-order valence-corrected chi connectivity index (χ0v) is 13.6. The summed E-state index contributed by atoms with van der Waals surface area (Å²) in [5.41, 5.74) is 6.57. The van der Waals surface area contributed by atoms with Gasteiger partial charge in [0.2, 0.25) is 5.91 Å². The van der Waals surface area contributed by atoms with Crippen LogP contribution in [-0.4, -0.2) is 32.9 Å². The minimum absolute atomic E-state index is 0.0576. The molecule has 0 saturated carbocycles. The highest BCUT2D eigenvalue weighted by molar-refractivity contribution is 7.87. The van der Waals surface area contributed by atoms with E-state index in [1.165, 1.54) is 12.1 Å². The molecule has 3 N–H and O–H groups in total. The molecule has 2 rings (SSSR count). The molecule has 0 unspecified atom stereocenters. The smallest absolute Gasteiger partial charge is 0.341 e. The zero-order valence-electron chi connectivity index (χ0n) is 12.8. The van der Waals surface area contributed by atoms with Crippen molar-refractivity contribution in [2.24, 2.45) is 11.7 Å². The van der Waals surface area contributed by atoms with Gasteiger partial charge in [0.15, 0.2) is 0 Å². The van der Waals surface area contributed by atoms with Crippen molar-refractivity contribution < 1.29 is 22.2 Å². The summed E-state index contributed by atoms with van der Waals surface area (Å²) in [4.78, 5) is 23.2. The summed E-state index contributed by atoms with van der Waals surface area (Å²) >= 11 is 0. The molecule has 1 saturated heterocycles. The Morgan fingerprint density at radius 3 is 2.61 bits per heavy atom. The van der Waals surface area contributed by atoms with Crippen molar-refractivity contribution in [3.8, 4) is 0 Å². The molecular formula is C15H20N2O5S. The van der Waals surface area contributed by atoms with E-state index in [9.17, 15) is 18.0 Å². The Hall–Kier alpha value is -1.93. The predicted molar refractivity (Wildman–Crippen MR) is 82.8 cm³/mol. The monoisotopic (exact) mass is 340 g/mol. The van der Waals surface area contributed by atoms with Crippen molar-refractivity contribution in [1.82, 2.24) is 5.32 Å². The third-order valence-electron chi connectivity index (χ3n) is 3.79. The maximum Gasteiger partial charge on any atom is 0.341 e. The van der Waals surface area contributed by atoms with E-state index >= 15 is 0 Å². The van der Waals surface area contributed by atoms with E-state index < -0.39 is 22.1 Å². The van der Waals surface area contributed by atoms with E-state index in [-0.39, 0.29) is 23.1 Å². The first-order chi connectivity index (χ1) is 10.8. The van der Waals surface area contributed by atoms with Gasteiger partial charge in [-0.25, -0.2) is 4.79 Å². The van der Waals surface area contributed by atoms with Crippen LogP contribution in [0.2, 0.25) is 0 Å². The molecule has 0 bridgehead atoms. The molecule has 7 nitrogen and oxygen atoms in total. The molecule has 2 atom stereocenters. The summed E-state index contributed by atoms with van der Waals surface area (Å²) in [5, 5.41) is 2.70. The van der Waals surface area contributed by atoms with E-state index in [1.807, 2.05) is 6.92 Å². The van der Waals surface area contributed by atoms with Gasteiger partial charge in [-0.3, -0.25) is 4.79 Å². The first kappa shape index (κ1) is 17.4. The van der Waals surface area contributed by atoms with Crippen LogP contribution in [0.3, 0.4) is 0 Å². The van der Waals surface area contributed by atoms with Gasteiger partial charge in [0.25, 0.3) is 0 Å². The molecule has 8 heteroatoms. The number of aryl methyl sites for hydroxylation is 1. The van der Waals surface area contributed by atoms with E-state index in [4.69, 9.17) is 5.73 Å². The van der Waals surface area contributed by atoms with Crippen molar-refractivity contribution >= 4 is 22.0 Å². The molecule has 0 aromatic heterocycles. The van der Waals surface area contributed by atoms with Gasteiger partial charge in [-0.15, -0.1) is 0 Å². The Labute approximate surface area is 135 Å². The Bertz CT molecular complexity index is 684. The number of nitrogens with two attached hydrogens (primary N) is 1. The fraction of sp³-hybridized carbons (Fsp3) is 0.467. The van der Waals surface area contributed by atoms with Crippen molar-refractivity contribution in [3.05, 3.63) is 29.8 Å². The van der Waals surface area contributed by atoms with Crippen molar-refractivity contribution in [2.75, 3.05) is 6.54 Å². The van der Waals surface area contributed by atoms with Gasteiger partial charge in [0, 0.05) is 12.5 Å². The van der Waals surface area contributed by atoms with Crippen LogP contribution in [0.15, 0.2) is 29.2 Å². The fourth-order valence-corrected chi connectivity index (χ4v) is 3.25. The standard InChI is InChI=1S/C15H20N2O5S/c1-10-2-5-12(6-3-10)23(20,21)22-15(19)13(16)7-4-11-8-9-17-14(11)18/h2-3,5-6,11,13H,4,7-9,16H2,1H3,(H,17,18)/t11-,13-/m0/s1. The Morgan fingerprint density at radius 2 is 2.04 bits per heavy atom. The summed E-state index contributed by atoms with van der Waals surface area (Å²) in [6.45, 7) is 2.43. The first-order valence-electron chi connectivity index (χ1n) is 7.38. The van der Waals surface area contributed by atoms with Crippen LogP contribution in [0.1, 0.15) is 24.8 Å². The normalized spacial score (nSPS) is 19.2. The quantitative estimate of drug-likeness (QED) is 0.727. The van der Waals surface area contributed by atoms with E-state index in [1.54, 1.807) is 12.1 Å². The highest BCUT2D eigenvalue weighted by Crippen LogP contribution is 2.18. The number of amides is 1. The van der Waals surface area contributed by atoms with E-state index in [0.29, 0.717) is 19.4 Å². The van der Waals surface area contributed by atoms with Gasteiger partial charge in [-0.05, 0) is 38.3 Å². The van der Waals surface area contributed by atoms with E-state index in [0.717, 1.165) is 5.56 Å². The Morgan fingerprint density at radius 1 is 1.39 bits per heavy atom. The molecule has 1 aliphatic rings. The Balaban J connectivity index is 1.91. The van der Waals surface area contributed by atoms with Gasteiger partial charge in [-0.2, -0.15) is 8.42 Å². The van der Waals surface area contributed by atoms with Crippen LogP contribution in [0.4, 0.5) is 0 Å². The summed E-state index contributed by atoms with van der Waals surface area (Å²) in [5.74, 6) is -1.25. The third-order valence-corrected chi connectivity index (χ3v) is 5.03. The maximum absolute atomic E-state index is 12.0. The largest absolute Gasteiger partial charge is 0.356 e. The number of hydrogen-bond donors (Lipinski definition) is 2. The summed E-state index contributed by atoms with van der Waals surface area (Å²) in [6.07, 6.45) is 1.31. The lowest BCUT2D eigenvalue weighted by Crippen LogP contribution is -2.34. The van der Waals surface area contributed by atoms with Gasteiger partial charge in [-0.1, -0.05) is 17.7 Å². The third kappa shape index (κ3) is 4.52. The Kier molecular flexibility index (Phi) is 5.38. The molecule has 126 valence electrons. The molecular weight excluding hydrogens is 320 g/mol. The van der Waals surface area contributed by atoms with Crippen LogP contribution in [0, 0.1) is 12.8 Å². The van der Waals surface area contributed by atoms with Crippen LogP contribution in [0.25, 0.3) is 0 Å². The lowest BCUT2D eigenvalue weighted by molar-refractivity contribution is -0.135. The molecule has 1 aromatic carbocycles. The number of hydrogen-bond acceptors (Lipinski definition) is 6. The van der Waals surface area contributed by atoms with Crippen LogP contribution >= 0.6 is 0 Å². The first-order valence-corrected chi connectivity index (χ1v) is 8.79. The lowest BCUT2D eigenvalue weighted by atomic mass is 9.99. The minimum atomic E-state index is -4.18. The summed E-state index contributed by atoms with van der Waals surface area (Å²) in [6, 6.07) is 4.88. The van der Waals surface area contributed by atoms with Crippen LogP contribution in [0.5, 0.6) is 0 Å². The number of carbonyl (C=O) groups excluding carboxylic acids is 2. The molecule has 1 aromatic rings. The summed E-state index contributed by atoms with van der Waals surface area (Å²) in [7, 11) is -4.18. The average molecular weight is 340 g/mol. The highest BCUT2D eigenvalue weighted by atomic mass is 32.2.